The van der Waals surface area contributed by atoms with Crippen LogP contribution in [-0.2, 0) is 24.0 Å². The summed E-state index contributed by atoms with van der Waals surface area (Å²) in [6, 6.07) is -3.27. The van der Waals surface area contributed by atoms with Crippen LogP contribution in [0, 0.1) is 5.92 Å². The van der Waals surface area contributed by atoms with Crippen molar-refractivity contribution in [1.82, 2.24) is 16.0 Å². The lowest BCUT2D eigenvalue weighted by atomic mass is 9.98. The fourth-order valence-electron chi connectivity index (χ4n) is 2.66. The van der Waals surface area contributed by atoms with E-state index in [0.717, 1.165) is 6.42 Å². The van der Waals surface area contributed by atoms with Crippen molar-refractivity contribution >= 4 is 29.7 Å². The molecule has 12 nitrogen and oxygen atoms in total. The molecule has 12 heteroatoms. The van der Waals surface area contributed by atoms with Crippen LogP contribution in [0.5, 0.6) is 0 Å². The van der Waals surface area contributed by atoms with Gasteiger partial charge < -0.3 is 37.6 Å². The van der Waals surface area contributed by atoms with Crippen LogP contribution in [0.3, 0.4) is 0 Å². The van der Waals surface area contributed by atoms with E-state index in [4.69, 9.17) is 16.6 Å². The van der Waals surface area contributed by atoms with E-state index in [1.54, 1.807) is 13.8 Å². The van der Waals surface area contributed by atoms with Crippen molar-refractivity contribution in [2.75, 3.05) is 13.1 Å². The van der Waals surface area contributed by atoms with Crippen molar-refractivity contribution in [3.63, 3.8) is 0 Å². The number of carboxylic acids is 2. The minimum Gasteiger partial charge on any atom is -0.481 e. The van der Waals surface area contributed by atoms with Crippen molar-refractivity contribution in [3.05, 3.63) is 0 Å². The Balaban J connectivity index is 4.92. The third-order valence-corrected chi connectivity index (χ3v) is 4.80. The number of carboxylic acid groups (broad SMARTS) is 2. The maximum atomic E-state index is 12.5. The van der Waals surface area contributed by atoms with Crippen LogP contribution in [0.25, 0.3) is 0 Å². The highest BCUT2D eigenvalue weighted by molar-refractivity contribution is 5.92. The molecule has 0 aromatic rings. The summed E-state index contributed by atoms with van der Waals surface area (Å²) in [7, 11) is 0. The number of hydrogen-bond acceptors (Lipinski definition) is 7. The van der Waals surface area contributed by atoms with Crippen molar-refractivity contribution in [2.24, 2.45) is 17.4 Å². The molecule has 9 N–H and O–H groups in total. The number of carbonyl (C=O) groups is 5. The molecule has 178 valence electrons. The van der Waals surface area contributed by atoms with Gasteiger partial charge in [0.15, 0.2) is 0 Å². The molecule has 0 heterocycles. The summed E-state index contributed by atoms with van der Waals surface area (Å²) < 4.78 is 0. The van der Waals surface area contributed by atoms with Gasteiger partial charge >= 0.3 is 11.9 Å². The fourth-order valence-corrected chi connectivity index (χ4v) is 2.66. The van der Waals surface area contributed by atoms with Crippen LogP contribution in [0.1, 0.15) is 52.4 Å². The molecule has 0 spiro atoms. The molecule has 0 aliphatic heterocycles. The quantitative estimate of drug-likeness (QED) is 0.138. The molecule has 4 unspecified atom stereocenters. The molecule has 0 saturated carbocycles. The SMILES string of the molecule is CCC(C)C(NC(=O)C(CCC(=O)O)NC(=O)CNC(=O)C(N)CCCCN)C(=O)O. The summed E-state index contributed by atoms with van der Waals surface area (Å²) in [6.45, 7) is 3.43. The molecule has 0 aromatic carbocycles. The number of unbranched alkanes of at least 4 members (excludes halogenated alkanes) is 1. The third kappa shape index (κ3) is 11.9. The molecule has 0 saturated heterocycles. The minimum atomic E-state index is -1.27. The fraction of sp³-hybridized carbons (Fsp3) is 0.737. The van der Waals surface area contributed by atoms with Crippen LogP contribution >= 0.6 is 0 Å². The molecule has 0 aliphatic rings. The lowest BCUT2D eigenvalue weighted by Crippen LogP contribution is -2.55. The summed E-state index contributed by atoms with van der Waals surface area (Å²) in [6.07, 6.45) is 1.61. The number of hydrogen-bond donors (Lipinski definition) is 7. The number of aliphatic carboxylic acids is 2. The first-order valence-electron chi connectivity index (χ1n) is 10.3. The highest BCUT2D eigenvalue weighted by atomic mass is 16.4. The predicted octanol–water partition coefficient (Wildman–Crippen LogP) is -1.48. The summed E-state index contributed by atoms with van der Waals surface area (Å²) >= 11 is 0. The molecule has 4 atom stereocenters. The molecular formula is C19H35N5O7. The van der Waals surface area contributed by atoms with Gasteiger partial charge in [-0.05, 0) is 31.7 Å². The smallest absolute Gasteiger partial charge is 0.326 e. The molecule has 0 radical (unpaired) electrons. The average molecular weight is 446 g/mol. The minimum absolute atomic E-state index is 0.244. The largest absolute Gasteiger partial charge is 0.481 e. The summed E-state index contributed by atoms with van der Waals surface area (Å²) in [4.78, 5) is 58.9. The molecule has 0 bridgehead atoms. The number of nitrogens with two attached hydrogens (primary N) is 2. The first kappa shape index (κ1) is 28.3. The molecule has 3 amide bonds. The zero-order valence-electron chi connectivity index (χ0n) is 18.1. The van der Waals surface area contributed by atoms with Gasteiger partial charge in [-0.1, -0.05) is 26.7 Å². The van der Waals surface area contributed by atoms with Crippen LogP contribution < -0.4 is 27.4 Å². The molecule has 0 aliphatic carbocycles. The zero-order chi connectivity index (χ0) is 24.0. The van der Waals surface area contributed by atoms with E-state index < -0.39 is 60.8 Å². The van der Waals surface area contributed by atoms with Gasteiger partial charge in [0.1, 0.15) is 12.1 Å². The van der Waals surface area contributed by atoms with E-state index in [9.17, 15) is 29.1 Å². The van der Waals surface area contributed by atoms with Crippen LogP contribution in [0.15, 0.2) is 0 Å². The van der Waals surface area contributed by atoms with E-state index in [-0.39, 0.29) is 12.3 Å². The summed E-state index contributed by atoms with van der Waals surface area (Å²) in [5, 5.41) is 25.2. The van der Waals surface area contributed by atoms with E-state index in [1.165, 1.54) is 0 Å². The Kier molecular flexibility index (Phi) is 13.8. The molecule has 0 rings (SSSR count). The van der Waals surface area contributed by atoms with Gasteiger partial charge in [-0.25, -0.2) is 4.79 Å². The zero-order valence-corrected chi connectivity index (χ0v) is 18.1. The Hall–Kier alpha value is -2.73. The van der Waals surface area contributed by atoms with Crippen molar-refractivity contribution < 1.29 is 34.2 Å². The third-order valence-electron chi connectivity index (χ3n) is 4.80. The van der Waals surface area contributed by atoms with E-state index in [0.29, 0.717) is 25.8 Å². The van der Waals surface area contributed by atoms with Crippen molar-refractivity contribution in [1.29, 1.82) is 0 Å². The standard InChI is InChI=1S/C19H35N5O7/c1-3-11(2)16(19(30)31)24-18(29)13(7-8-15(26)27)23-14(25)10-22-17(28)12(21)6-4-5-9-20/h11-13,16H,3-10,20-21H2,1-2H3,(H,22,28)(H,23,25)(H,24,29)(H,26,27)(H,30,31). The Morgan fingerprint density at radius 2 is 1.61 bits per heavy atom. The maximum Gasteiger partial charge on any atom is 0.326 e. The maximum absolute atomic E-state index is 12.5. The van der Waals surface area contributed by atoms with Gasteiger partial charge in [-0.2, -0.15) is 0 Å². The molecule has 0 fully saturated rings. The Morgan fingerprint density at radius 3 is 2.13 bits per heavy atom. The van der Waals surface area contributed by atoms with E-state index in [2.05, 4.69) is 16.0 Å². The highest BCUT2D eigenvalue weighted by Gasteiger charge is 2.30. The average Bonchev–Trinajstić information content (AvgIpc) is 2.71. The number of nitrogens with one attached hydrogen (secondary N) is 3. The second kappa shape index (κ2) is 15.1. The van der Waals surface area contributed by atoms with Crippen molar-refractivity contribution in [3.8, 4) is 0 Å². The molecular weight excluding hydrogens is 410 g/mol. The lowest BCUT2D eigenvalue weighted by Gasteiger charge is -2.24. The molecule has 31 heavy (non-hydrogen) atoms. The van der Waals surface area contributed by atoms with Gasteiger partial charge in [0.25, 0.3) is 0 Å². The van der Waals surface area contributed by atoms with E-state index >= 15 is 0 Å². The second-order valence-electron chi connectivity index (χ2n) is 7.37. The van der Waals surface area contributed by atoms with Gasteiger partial charge in [0.05, 0.1) is 12.6 Å². The Morgan fingerprint density at radius 1 is 0.968 bits per heavy atom. The number of rotatable bonds is 16. The topological polar surface area (TPSA) is 214 Å². The van der Waals surface area contributed by atoms with Crippen LogP contribution in [0.2, 0.25) is 0 Å². The second-order valence-corrected chi connectivity index (χ2v) is 7.37. The predicted molar refractivity (Wildman–Crippen MR) is 112 cm³/mol. The number of carbonyl (C=O) groups excluding carboxylic acids is 3. The normalized spacial score (nSPS) is 14.6. The van der Waals surface area contributed by atoms with Crippen molar-refractivity contribution in [2.45, 2.75) is 70.5 Å². The van der Waals surface area contributed by atoms with Gasteiger partial charge in [-0.15, -0.1) is 0 Å². The Bertz CT molecular complexity index is 629. The van der Waals surface area contributed by atoms with E-state index in [1.807, 2.05) is 0 Å². The summed E-state index contributed by atoms with van der Waals surface area (Å²) in [5.74, 6) is -4.88. The van der Waals surface area contributed by atoms with Gasteiger partial charge in [0.2, 0.25) is 17.7 Å². The van der Waals surface area contributed by atoms with Crippen LogP contribution in [0.4, 0.5) is 0 Å². The first-order valence-corrected chi connectivity index (χ1v) is 10.3. The van der Waals surface area contributed by atoms with Crippen LogP contribution in [-0.4, -0.2) is 71.1 Å². The first-order chi connectivity index (χ1) is 14.5. The monoisotopic (exact) mass is 445 g/mol. The molecule has 0 aromatic heterocycles. The number of amides is 3. The Labute approximate surface area is 181 Å². The van der Waals surface area contributed by atoms with Gasteiger partial charge in [-0.3, -0.25) is 19.2 Å². The lowest BCUT2D eigenvalue weighted by molar-refractivity contribution is -0.144. The summed E-state index contributed by atoms with van der Waals surface area (Å²) in [5.41, 5.74) is 11.1. The van der Waals surface area contributed by atoms with Gasteiger partial charge in [0, 0.05) is 6.42 Å². The highest BCUT2D eigenvalue weighted by Crippen LogP contribution is 2.09.